The van der Waals surface area contributed by atoms with Crippen LogP contribution in [0.25, 0.3) is 0 Å². The number of rotatable bonds is 5. The molecule has 17 heavy (non-hydrogen) atoms. The second-order valence-electron chi connectivity index (χ2n) is 3.16. The summed E-state index contributed by atoms with van der Waals surface area (Å²) in [5.41, 5.74) is 0. The first-order valence-corrected chi connectivity index (χ1v) is 5.80. The first kappa shape index (κ1) is 14.2. The molecule has 0 bridgehead atoms. The number of amides is 1. The number of carbonyl (C=O) groups excluding carboxylic acids is 1. The summed E-state index contributed by atoms with van der Waals surface area (Å²) in [4.78, 5) is 11.3. The van der Waals surface area contributed by atoms with Crippen LogP contribution < -0.4 is 10.1 Å². The summed E-state index contributed by atoms with van der Waals surface area (Å²) in [6, 6.07) is 4.77. The molecule has 0 saturated carbocycles. The largest absolute Gasteiger partial charge is 0.482 e. The van der Waals surface area contributed by atoms with Gasteiger partial charge in [0.15, 0.2) is 6.61 Å². The lowest BCUT2D eigenvalue weighted by Gasteiger charge is -2.08. The molecule has 0 aromatic heterocycles. The van der Waals surface area contributed by atoms with E-state index in [2.05, 4.69) is 11.9 Å². The molecule has 0 heterocycles. The van der Waals surface area contributed by atoms with Gasteiger partial charge in [-0.05, 0) is 12.1 Å². The number of nitrogens with one attached hydrogen (secondary N) is 1. The van der Waals surface area contributed by atoms with E-state index in [1.54, 1.807) is 12.1 Å². The normalized spacial score (nSPS) is 9.82. The topological polar surface area (TPSA) is 38.3 Å². The zero-order valence-corrected chi connectivity index (χ0v) is 11.1. The van der Waals surface area contributed by atoms with Gasteiger partial charge in [-0.2, -0.15) is 0 Å². The quantitative estimate of drug-likeness (QED) is 0.905. The molecule has 0 spiro atoms. The fourth-order valence-electron chi connectivity index (χ4n) is 0.977. The second-order valence-corrected chi connectivity index (χ2v) is 4.54. The molecule has 0 atom stereocenters. The molecule has 1 N–H and O–H groups in total. The van der Waals surface area contributed by atoms with Crippen molar-refractivity contribution in [1.29, 1.82) is 0 Å². The lowest BCUT2D eigenvalue weighted by molar-refractivity contribution is -0.122. The van der Waals surface area contributed by atoms with Crippen molar-refractivity contribution in [2.75, 3.05) is 13.2 Å². The Morgan fingerprint density at radius 1 is 1.41 bits per heavy atom. The molecular formula is C11H10Cl3NO2. The van der Waals surface area contributed by atoms with Crippen LogP contribution in [0.15, 0.2) is 29.8 Å². The Hall–Kier alpha value is -0.900. The predicted molar refractivity (Wildman–Crippen MR) is 70.0 cm³/mol. The molecule has 0 radical (unpaired) electrons. The number of benzene rings is 1. The standard InChI is InChI=1S/C11H10Cl3NO2/c1-7(12)5-15-11(16)6-17-10-4-8(13)2-3-9(10)14/h2-4H,1,5-6H2,(H,15,16). The zero-order chi connectivity index (χ0) is 12.8. The molecule has 0 aliphatic heterocycles. The Bertz CT molecular complexity index is 435. The van der Waals surface area contributed by atoms with Crippen LogP contribution in [0.1, 0.15) is 0 Å². The molecule has 6 heteroatoms. The van der Waals surface area contributed by atoms with Crippen molar-refractivity contribution in [3.05, 3.63) is 39.9 Å². The van der Waals surface area contributed by atoms with Crippen LogP contribution >= 0.6 is 34.8 Å². The summed E-state index contributed by atoms with van der Waals surface area (Å²) in [7, 11) is 0. The Kier molecular flexibility index (Phi) is 5.62. The van der Waals surface area contributed by atoms with E-state index >= 15 is 0 Å². The first-order chi connectivity index (χ1) is 7.99. The SMILES string of the molecule is C=C(Cl)CNC(=O)COc1cc(Cl)ccc1Cl. The van der Waals surface area contributed by atoms with Crippen LogP contribution in [-0.4, -0.2) is 19.1 Å². The Balaban J connectivity index is 2.47. The predicted octanol–water partition coefficient (Wildman–Crippen LogP) is 3.24. The average Bonchev–Trinajstić information content (AvgIpc) is 2.27. The van der Waals surface area contributed by atoms with Crippen molar-refractivity contribution in [2.45, 2.75) is 0 Å². The van der Waals surface area contributed by atoms with Gasteiger partial charge in [-0.1, -0.05) is 41.4 Å². The van der Waals surface area contributed by atoms with Crippen LogP contribution in [-0.2, 0) is 4.79 Å². The number of hydrogen-bond acceptors (Lipinski definition) is 2. The number of halogens is 3. The minimum Gasteiger partial charge on any atom is -0.482 e. The van der Waals surface area contributed by atoms with Gasteiger partial charge in [-0.15, -0.1) is 0 Å². The van der Waals surface area contributed by atoms with Gasteiger partial charge in [0.25, 0.3) is 5.91 Å². The summed E-state index contributed by atoms with van der Waals surface area (Å²) in [5.74, 6) is 0.0434. The number of ether oxygens (including phenoxy) is 1. The summed E-state index contributed by atoms with van der Waals surface area (Å²) < 4.78 is 5.21. The third-order valence-electron chi connectivity index (χ3n) is 1.73. The van der Waals surface area contributed by atoms with Gasteiger partial charge in [-0.3, -0.25) is 4.79 Å². The van der Waals surface area contributed by atoms with Gasteiger partial charge < -0.3 is 10.1 Å². The van der Waals surface area contributed by atoms with Gasteiger partial charge in [-0.25, -0.2) is 0 Å². The molecule has 1 amide bonds. The van der Waals surface area contributed by atoms with E-state index in [9.17, 15) is 4.79 Å². The van der Waals surface area contributed by atoms with E-state index in [0.29, 0.717) is 20.8 Å². The van der Waals surface area contributed by atoms with E-state index in [4.69, 9.17) is 39.5 Å². The highest BCUT2D eigenvalue weighted by molar-refractivity contribution is 6.34. The summed E-state index contributed by atoms with van der Waals surface area (Å²) in [6.07, 6.45) is 0. The lowest BCUT2D eigenvalue weighted by Crippen LogP contribution is -2.29. The fraction of sp³-hybridized carbons (Fsp3) is 0.182. The van der Waals surface area contributed by atoms with Crippen molar-refractivity contribution in [2.24, 2.45) is 0 Å². The average molecular weight is 295 g/mol. The number of carbonyl (C=O) groups is 1. The van der Waals surface area contributed by atoms with Crippen LogP contribution in [0.5, 0.6) is 5.75 Å². The monoisotopic (exact) mass is 293 g/mol. The zero-order valence-electron chi connectivity index (χ0n) is 8.80. The van der Waals surface area contributed by atoms with E-state index in [1.807, 2.05) is 0 Å². The second kappa shape index (κ2) is 6.74. The van der Waals surface area contributed by atoms with Gasteiger partial charge >= 0.3 is 0 Å². The highest BCUT2D eigenvalue weighted by Crippen LogP contribution is 2.27. The fourth-order valence-corrected chi connectivity index (χ4v) is 1.38. The van der Waals surface area contributed by atoms with Crippen molar-refractivity contribution < 1.29 is 9.53 Å². The van der Waals surface area contributed by atoms with Crippen LogP contribution in [0, 0.1) is 0 Å². The molecule has 0 aliphatic carbocycles. The summed E-state index contributed by atoms with van der Waals surface area (Å²) in [6.45, 7) is 3.48. The van der Waals surface area contributed by atoms with Crippen molar-refractivity contribution in [1.82, 2.24) is 5.32 Å². The maximum Gasteiger partial charge on any atom is 0.258 e. The summed E-state index contributed by atoms with van der Waals surface area (Å²) >= 11 is 17.1. The molecule has 3 nitrogen and oxygen atoms in total. The van der Waals surface area contributed by atoms with E-state index < -0.39 is 0 Å². The molecule has 92 valence electrons. The van der Waals surface area contributed by atoms with Crippen LogP contribution in [0.2, 0.25) is 10.0 Å². The van der Waals surface area contributed by atoms with Crippen LogP contribution in [0.3, 0.4) is 0 Å². The molecule has 0 fully saturated rings. The van der Waals surface area contributed by atoms with E-state index in [1.165, 1.54) is 6.07 Å². The highest BCUT2D eigenvalue weighted by atomic mass is 35.5. The first-order valence-electron chi connectivity index (χ1n) is 4.67. The minimum atomic E-state index is -0.317. The minimum absolute atomic E-state index is 0.162. The molecule has 1 aromatic carbocycles. The maximum absolute atomic E-state index is 11.3. The Morgan fingerprint density at radius 3 is 2.76 bits per heavy atom. The third kappa shape index (κ3) is 5.31. The number of hydrogen-bond donors (Lipinski definition) is 1. The molecule has 1 aromatic rings. The van der Waals surface area contributed by atoms with E-state index in [-0.39, 0.29) is 19.1 Å². The molecule has 0 saturated heterocycles. The van der Waals surface area contributed by atoms with Crippen molar-refractivity contribution >= 4 is 40.7 Å². The molecule has 1 rings (SSSR count). The third-order valence-corrected chi connectivity index (χ3v) is 2.41. The van der Waals surface area contributed by atoms with Gasteiger partial charge in [0, 0.05) is 16.1 Å². The highest BCUT2D eigenvalue weighted by Gasteiger charge is 2.06. The molecular weight excluding hydrogens is 284 g/mol. The van der Waals surface area contributed by atoms with Crippen molar-refractivity contribution in [3.63, 3.8) is 0 Å². The van der Waals surface area contributed by atoms with Gasteiger partial charge in [0.2, 0.25) is 0 Å². The van der Waals surface area contributed by atoms with Crippen molar-refractivity contribution in [3.8, 4) is 5.75 Å². The van der Waals surface area contributed by atoms with E-state index in [0.717, 1.165) is 0 Å². The maximum atomic E-state index is 11.3. The molecule has 0 unspecified atom stereocenters. The smallest absolute Gasteiger partial charge is 0.258 e. The summed E-state index contributed by atoms with van der Waals surface area (Å²) in [5, 5.41) is 3.74. The Morgan fingerprint density at radius 2 is 2.12 bits per heavy atom. The lowest BCUT2D eigenvalue weighted by atomic mass is 10.3. The Labute approximate surface area is 114 Å². The molecule has 0 aliphatic rings. The van der Waals surface area contributed by atoms with Gasteiger partial charge in [0.05, 0.1) is 11.6 Å². The van der Waals surface area contributed by atoms with Crippen LogP contribution in [0.4, 0.5) is 0 Å². The van der Waals surface area contributed by atoms with Gasteiger partial charge in [0.1, 0.15) is 5.75 Å².